The van der Waals surface area contributed by atoms with Crippen molar-refractivity contribution in [2.24, 2.45) is 0 Å². The summed E-state index contributed by atoms with van der Waals surface area (Å²) in [5.41, 5.74) is 1.62. The third-order valence-corrected chi connectivity index (χ3v) is 3.21. The quantitative estimate of drug-likeness (QED) is 0.622. The molecule has 1 aromatic carbocycles. The number of hydrogen-bond acceptors (Lipinski definition) is 4. The Bertz CT molecular complexity index is 444. The van der Waals surface area contributed by atoms with Gasteiger partial charge in [0.25, 0.3) is 5.69 Å². The van der Waals surface area contributed by atoms with Gasteiger partial charge in [0, 0.05) is 36.0 Å². The SMILES string of the molecule is CCCN(c1ccc([N+](=O)[O-])cc1CO)C1CC1. The lowest BCUT2D eigenvalue weighted by Crippen LogP contribution is -2.27. The van der Waals surface area contributed by atoms with Crippen LogP contribution in [0.4, 0.5) is 11.4 Å². The normalized spacial score (nSPS) is 14.6. The summed E-state index contributed by atoms with van der Waals surface area (Å²) in [5.74, 6) is 0. The Morgan fingerprint density at radius 2 is 2.22 bits per heavy atom. The maximum atomic E-state index is 10.7. The van der Waals surface area contributed by atoms with E-state index in [9.17, 15) is 15.2 Å². The van der Waals surface area contributed by atoms with Gasteiger partial charge in [0.05, 0.1) is 11.5 Å². The first-order valence-electron chi connectivity index (χ1n) is 6.32. The van der Waals surface area contributed by atoms with Crippen LogP contribution < -0.4 is 4.90 Å². The Morgan fingerprint density at radius 3 is 2.72 bits per heavy atom. The second-order valence-electron chi connectivity index (χ2n) is 4.65. The number of rotatable bonds is 6. The van der Waals surface area contributed by atoms with Crippen molar-refractivity contribution in [2.45, 2.75) is 38.8 Å². The third-order valence-electron chi connectivity index (χ3n) is 3.21. The minimum atomic E-state index is -0.426. The van der Waals surface area contributed by atoms with Crippen molar-refractivity contribution < 1.29 is 10.0 Å². The topological polar surface area (TPSA) is 66.6 Å². The monoisotopic (exact) mass is 250 g/mol. The van der Waals surface area contributed by atoms with E-state index < -0.39 is 4.92 Å². The zero-order valence-corrected chi connectivity index (χ0v) is 10.5. The molecular weight excluding hydrogens is 232 g/mol. The van der Waals surface area contributed by atoms with E-state index >= 15 is 0 Å². The predicted octanol–water partition coefficient (Wildman–Crippen LogP) is 2.47. The molecule has 0 saturated heterocycles. The van der Waals surface area contributed by atoms with Gasteiger partial charge in [0.2, 0.25) is 0 Å². The zero-order chi connectivity index (χ0) is 13.1. The molecule has 0 heterocycles. The van der Waals surface area contributed by atoms with Gasteiger partial charge in [0.1, 0.15) is 0 Å². The first-order valence-corrected chi connectivity index (χ1v) is 6.32. The molecule has 98 valence electrons. The number of nitro benzene ring substituents is 1. The highest BCUT2D eigenvalue weighted by atomic mass is 16.6. The molecule has 0 radical (unpaired) electrons. The third kappa shape index (κ3) is 2.61. The van der Waals surface area contributed by atoms with Crippen molar-refractivity contribution in [1.82, 2.24) is 0 Å². The average Bonchev–Trinajstić information content (AvgIpc) is 3.19. The van der Waals surface area contributed by atoms with Crippen LogP contribution in [0.1, 0.15) is 31.7 Å². The van der Waals surface area contributed by atoms with Gasteiger partial charge >= 0.3 is 0 Å². The lowest BCUT2D eigenvalue weighted by Gasteiger charge is -2.26. The van der Waals surface area contributed by atoms with Crippen LogP contribution in [0, 0.1) is 10.1 Å². The second kappa shape index (κ2) is 5.35. The summed E-state index contributed by atoms with van der Waals surface area (Å²) in [5, 5.41) is 20.1. The highest BCUT2D eigenvalue weighted by Crippen LogP contribution is 2.35. The molecule has 5 heteroatoms. The number of nitrogens with zero attached hydrogens (tertiary/aromatic N) is 2. The second-order valence-corrected chi connectivity index (χ2v) is 4.65. The van der Waals surface area contributed by atoms with Crippen LogP contribution >= 0.6 is 0 Å². The molecule has 0 atom stereocenters. The van der Waals surface area contributed by atoms with Gasteiger partial charge in [-0.25, -0.2) is 0 Å². The molecule has 0 bridgehead atoms. The largest absolute Gasteiger partial charge is 0.392 e. The molecule has 1 saturated carbocycles. The molecule has 5 nitrogen and oxygen atoms in total. The summed E-state index contributed by atoms with van der Waals surface area (Å²) >= 11 is 0. The van der Waals surface area contributed by atoms with E-state index in [4.69, 9.17) is 0 Å². The molecule has 0 amide bonds. The molecule has 0 aromatic heterocycles. The first-order chi connectivity index (χ1) is 8.67. The van der Waals surface area contributed by atoms with Crippen LogP contribution in [0.5, 0.6) is 0 Å². The molecule has 1 aliphatic rings. The lowest BCUT2D eigenvalue weighted by molar-refractivity contribution is -0.384. The highest BCUT2D eigenvalue weighted by Gasteiger charge is 2.30. The van der Waals surface area contributed by atoms with Crippen LogP contribution in [-0.2, 0) is 6.61 Å². The average molecular weight is 250 g/mol. The van der Waals surface area contributed by atoms with Gasteiger partial charge in [0.15, 0.2) is 0 Å². The van der Waals surface area contributed by atoms with E-state index in [0.717, 1.165) is 18.7 Å². The van der Waals surface area contributed by atoms with Crippen LogP contribution in [0.3, 0.4) is 0 Å². The van der Waals surface area contributed by atoms with Crippen LogP contribution in [0.25, 0.3) is 0 Å². The molecule has 18 heavy (non-hydrogen) atoms. The molecule has 1 N–H and O–H groups in total. The van der Waals surface area contributed by atoms with Crippen LogP contribution in [-0.4, -0.2) is 22.6 Å². The Labute approximate surface area is 106 Å². The fourth-order valence-corrected chi connectivity index (χ4v) is 2.22. The summed E-state index contributed by atoms with van der Waals surface area (Å²) in [4.78, 5) is 12.6. The van der Waals surface area contributed by atoms with Gasteiger partial charge in [-0.2, -0.15) is 0 Å². The van der Waals surface area contributed by atoms with E-state index in [1.165, 1.54) is 25.0 Å². The molecule has 1 fully saturated rings. The highest BCUT2D eigenvalue weighted by molar-refractivity contribution is 5.59. The van der Waals surface area contributed by atoms with Crippen molar-refractivity contribution in [1.29, 1.82) is 0 Å². The Morgan fingerprint density at radius 1 is 1.50 bits per heavy atom. The van der Waals surface area contributed by atoms with E-state index in [2.05, 4.69) is 11.8 Å². The number of aliphatic hydroxyl groups is 1. The smallest absolute Gasteiger partial charge is 0.269 e. The maximum absolute atomic E-state index is 10.7. The van der Waals surface area contributed by atoms with E-state index in [0.29, 0.717) is 11.6 Å². The Balaban J connectivity index is 2.32. The van der Waals surface area contributed by atoms with Gasteiger partial charge in [-0.15, -0.1) is 0 Å². The summed E-state index contributed by atoms with van der Waals surface area (Å²) < 4.78 is 0. The maximum Gasteiger partial charge on any atom is 0.269 e. The number of benzene rings is 1. The summed E-state index contributed by atoms with van der Waals surface area (Å²) in [6.07, 6.45) is 3.36. The molecule has 1 aliphatic carbocycles. The molecule has 0 unspecified atom stereocenters. The fourth-order valence-electron chi connectivity index (χ4n) is 2.22. The number of nitro groups is 1. The van der Waals surface area contributed by atoms with Gasteiger partial charge in [-0.3, -0.25) is 10.1 Å². The summed E-state index contributed by atoms with van der Waals surface area (Å²) in [7, 11) is 0. The Kier molecular flexibility index (Phi) is 3.81. The molecule has 2 rings (SSSR count). The molecule has 0 aliphatic heterocycles. The molecular formula is C13H18N2O3. The van der Waals surface area contributed by atoms with Crippen molar-refractivity contribution in [3.05, 3.63) is 33.9 Å². The minimum absolute atomic E-state index is 0.0371. The fraction of sp³-hybridized carbons (Fsp3) is 0.538. The van der Waals surface area contributed by atoms with Crippen LogP contribution in [0.15, 0.2) is 18.2 Å². The predicted molar refractivity (Wildman–Crippen MR) is 69.7 cm³/mol. The van der Waals surface area contributed by atoms with Crippen LogP contribution in [0.2, 0.25) is 0 Å². The van der Waals surface area contributed by atoms with E-state index in [-0.39, 0.29) is 12.3 Å². The number of hydrogen-bond donors (Lipinski definition) is 1. The summed E-state index contributed by atoms with van der Waals surface area (Å²) in [6, 6.07) is 5.29. The first kappa shape index (κ1) is 12.8. The van der Waals surface area contributed by atoms with Gasteiger partial charge in [-0.05, 0) is 25.3 Å². The molecule has 1 aromatic rings. The minimum Gasteiger partial charge on any atom is -0.392 e. The summed E-state index contributed by atoms with van der Waals surface area (Å²) in [6.45, 7) is 2.87. The van der Waals surface area contributed by atoms with E-state index in [1.54, 1.807) is 6.07 Å². The van der Waals surface area contributed by atoms with Crippen molar-refractivity contribution in [3.8, 4) is 0 Å². The number of non-ortho nitro benzene ring substituents is 1. The van der Waals surface area contributed by atoms with Gasteiger partial charge < -0.3 is 10.0 Å². The molecule has 0 spiro atoms. The van der Waals surface area contributed by atoms with E-state index in [1.807, 2.05) is 0 Å². The zero-order valence-electron chi connectivity index (χ0n) is 10.5. The lowest BCUT2D eigenvalue weighted by atomic mass is 10.1. The number of anilines is 1. The van der Waals surface area contributed by atoms with Gasteiger partial charge in [-0.1, -0.05) is 6.92 Å². The number of aliphatic hydroxyl groups excluding tert-OH is 1. The van der Waals surface area contributed by atoms with Crippen molar-refractivity contribution in [3.63, 3.8) is 0 Å². The standard InChI is InChI=1S/C13H18N2O3/c1-2-7-14(11-3-4-11)13-6-5-12(15(17)18)8-10(13)9-16/h5-6,8,11,16H,2-4,7,9H2,1H3. The Hall–Kier alpha value is -1.62. The van der Waals surface area contributed by atoms with Crippen molar-refractivity contribution in [2.75, 3.05) is 11.4 Å². The van der Waals surface area contributed by atoms with Crippen molar-refractivity contribution >= 4 is 11.4 Å².